The predicted octanol–water partition coefficient (Wildman–Crippen LogP) is -2.74. The van der Waals surface area contributed by atoms with Crippen molar-refractivity contribution in [2.24, 2.45) is 0 Å². The predicted molar refractivity (Wildman–Crippen MR) is 26.0 cm³/mol. The quantitative estimate of drug-likeness (QED) is 0.197. The van der Waals surface area contributed by atoms with Crippen molar-refractivity contribution in [3.63, 3.8) is 0 Å². The molecule has 0 aromatic rings. The van der Waals surface area contributed by atoms with E-state index in [2.05, 4.69) is 15.9 Å². The minimum absolute atomic E-state index is 0. The second kappa shape index (κ2) is 6.82. The van der Waals surface area contributed by atoms with Crippen molar-refractivity contribution in [3.05, 3.63) is 0 Å². The molecule has 0 N–H and O–H groups in total. The molecule has 0 radical (unpaired) electrons. The number of alkyl halides is 1. The molecule has 4 heteroatoms. The van der Waals surface area contributed by atoms with Crippen LogP contribution in [0.25, 0.3) is 0 Å². The van der Waals surface area contributed by atoms with Crippen LogP contribution >= 0.6 is 15.9 Å². The normalized spacial score (nSPS) is 7.14. The largest absolute Gasteiger partial charge is 1.00 e. The Balaban J connectivity index is -0.000000125. The summed E-state index contributed by atoms with van der Waals surface area (Å²) in [4.78, 5) is 18.3. The van der Waals surface area contributed by atoms with E-state index < -0.39 is 4.83 Å². The molecule has 7 heavy (non-hydrogen) atoms. The van der Waals surface area contributed by atoms with Crippen molar-refractivity contribution < 1.29 is 40.6 Å². The van der Waals surface area contributed by atoms with Crippen LogP contribution in [0.1, 0.15) is 1.43 Å². The van der Waals surface area contributed by atoms with Crippen molar-refractivity contribution in [2.45, 2.75) is 4.83 Å². The Bertz CT molecular complexity index is 62.3. The number of rotatable bonds is 2. The topological polar surface area (TPSA) is 34.1 Å². The summed E-state index contributed by atoms with van der Waals surface area (Å²) >= 11 is 2.74. The third-order valence-corrected chi connectivity index (χ3v) is 0.692. The van der Waals surface area contributed by atoms with Gasteiger partial charge in [-0.1, -0.05) is 15.9 Å². The van der Waals surface area contributed by atoms with Gasteiger partial charge in [-0.2, -0.15) is 0 Å². The zero-order chi connectivity index (χ0) is 4.99. The van der Waals surface area contributed by atoms with Crippen LogP contribution in [0.4, 0.5) is 0 Å². The summed E-state index contributed by atoms with van der Waals surface area (Å²) in [5.41, 5.74) is 0. The smallest absolute Gasteiger partial charge is 1.00 e. The molecule has 0 atom stereocenters. The van der Waals surface area contributed by atoms with E-state index in [-0.39, 0.29) is 31.0 Å². The van der Waals surface area contributed by atoms with Gasteiger partial charge in [0.1, 0.15) is 17.4 Å². The molecular weight excluding hydrogens is 171 g/mol. The van der Waals surface area contributed by atoms with E-state index in [0.29, 0.717) is 12.6 Å². The van der Waals surface area contributed by atoms with Gasteiger partial charge in [0.25, 0.3) is 0 Å². The van der Waals surface area contributed by atoms with E-state index in [1.807, 2.05) is 0 Å². The fraction of sp³-hybridized carbons (Fsp3) is 0.333. The molecule has 0 unspecified atom stereocenters. The number of hydrogen-bond acceptors (Lipinski definition) is 2. The van der Waals surface area contributed by atoms with Crippen LogP contribution in [0.2, 0.25) is 0 Å². The number of carbonyl (C=O) groups excluding carboxylic acids is 2. The molecule has 0 heterocycles. The molecule has 0 saturated heterocycles. The first-order chi connectivity index (χ1) is 2.81. The van der Waals surface area contributed by atoms with Crippen LogP contribution in [0.5, 0.6) is 0 Å². The maximum absolute atomic E-state index is 9.46. The van der Waals surface area contributed by atoms with Crippen molar-refractivity contribution in [1.82, 2.24) is 0 Å². The SMILES string of the molecule is O=CC(Br)C=O.[H-].[Na+]. The van der Waals surface area contributed by atoms with Gasteiger partial charge < -0.3 is 11.0 Å². The Morgan fingerprint density at radius 1 is 1.43 bits per heavy atom. The van der Waals surface area contributed by atoms with Crippen LogP contribution in [0, 0.1) is 0 Å². The molecule has 0 aliphatic carbocycles. The van der Waals surface area contributed by atoms with Crippen LogP contribution < -0.4 is 29.6 Å². The van der Waals surface area contributed by atoms with E-state index in [4.69, 9.17) is 0 Å². The van der Waals surface area contributed by atoms with Crippen molar-refractivity contribution >= 4 is 28.5 Å². The molecule has 0 aromatic heterocycles. The van der Waals surface area contributed by atoms with Crippen LogP contribution in [-0.4, -0.2) is 17.4 Å². The fourth-order valence-electron chi connectivity index (χ4n) is 0.0321. The summed E-state index contributed by atoms with van der Waals surface area (Å²) in [6.07, 6.45) is 1.04. The number of halogens is 1. The number of carbonyl (C=O) groups is 2. The first-order valence-electron chi connectivity index (χ1n) is 1.36. The summed E-state index contributed by atoms with van der Waals surface area (Å²) in [5.74, 6) is 0. The van der Waals surface area contributed by atoms with Crippen LogP contribution in [-0.2, 0) is 9.59 Å². The first-order valence-corrected chi connectivity index (χ1v) is 2.27. The monoisotopic (exact) mass is 174 g/mol. The van der Waals surface area contributed by atoms with Gasteiger partial charge in [-0.25, -0.2) is 0 Å². The molecule has 0 amide bonds. The Morgan fingerprint density at radius 3 is 1.71 bits per heavy atom. The molecular formula is C3H4BrNaO2. The minimum atomic E-state index is -0.613. The zero-order valence-electron chi connectivity index (χ0n) is 4.93. The molecule has 0 bridgehead atoms. The molecule has 0 spiro atoms. The average Bonchev–Trinajstić information content (AvgIpc) is 1.65. The van der Waals surface area contributed by atoms with Gasteiger partial charge in [-0.15, -0.1) is 0 Å². The molecule has 0 aromatic carbocycles. The van der Waals surface area contributed by atoms with Crippen molar-refractivity contribution in [2.75, 3.05) is 0 Å². The van der Waals surface area contributed by atoms with Gasteiger partial charge in [0, 0.05) is 0 Å². The number of hydrogen-bond donors (Lipinski definition) is 0. The third-order valence-electron chi connectivity index (χ3n) is 0.260. The van der Waals surface area contributed by atoms with Gasteiger partial charge >= 0.3 is 29.6 Å². The van der Waals surface area contributed by atoms with Crippen LogP contribution in [0.15, 0.2) is 0 Å². The summed E-state index contributed by atoms with van der Waals surface area (Å²) in [5, 5.41) is 0. The Morgan fingerprint density at radius 2 is 1.71 bits per heavy atom. The molecule has 0 aliphatic heterocycles. The van der Waals surface area contributed by atoms with Crippen molar-refractivity contribution in [1.29, 1.82) is 0 Å². The summed E-state index contributed by atoms with van der Waals surface area (Å²) in [6, 6.07) is 0. The van der Waals surface area contributed by atoms with Gasteiger partial charge in [-0.05, 0) is 0 Å². The molecule has 0 saturated carbocycles. The first kappa shape index (κ1) is 10.7. The second-order valence-electron chi connectivity index (χ2n) is 0.717. The standard InChI is InChI=1S/C3H3BrO2.Na.H/c4-3(1-5)2-6;;/h1-3H;;/q;+1;-1. The summed E-state index contributed by atoms with van der Waals surface area (Å²) < 4.78 is 0. The van der Waals surface area contributed by atoms with Crippen LogP contribution in [0.3, 0.4) is 0 Å². The zero-order valence-corrected chi connectivity index (χ0v) is 7.51. The Hall–Kier alpha value is 0.820. The molecule has 0 rings (SSSR count). The molecule has 2 nitrogen and oxygen atoms in total. The summed E-state index contributed by atoms with van der Waals surface area (Å²) in [7, 11) is 0. The van der Waals surface area contributed by atoms with E-state index in [0.717, 1.165) is 0 Å². The van der Waals surface area contributed by atoms with E-state index in [9.17, 15) is 9.59 Å². The maximum atomic E-state index is 9.46. The molecule has 36 valence electrons. The molecule has 0 fully saturated rings. The van der Waals surface area contributed by atoms with Gasteiger partial charge in [0.2, 0.25) is 0 Å². The van der Waals surface area contributed by atoms with Gasteiger partial charge in [0.15, 0.2) is 0 Å². The maximum Gasteiger partial charge on any atom is 1.00 e. The minimum Gasteiger partial charge on any atom is -1.00 e. The van der Waals surface area contributed by atoms with E-state index >= 15 is 0 Å². The average molecular weight is 175 g/mol. The van der Waals surface area contributed by atoms with Crippen molar-refractivity contribution in [3.8, 4) is 0 Å². The third kappa shape index (κ3) is 6.82. The summed E-state index contributed by atoms with van der Waals surface area (Å²) in [6.45, 7) is 0. The van der Waals surface area contributed by atoms with Gasteiger partial charge in [-0.3, -0.25) is 0 Å². The number of aldehydes is 2. The van der Waals surface area contributed by atoms with Gasteiger partial charge in [0.05, 0.1) is 0 Å². The Kier molecular flexibility index (Phi) is 10.5. The fourth-order valence-corrected chi connectivity index (χ4v) is 0.0321. The Labute approximate surface area is 73.6 Å². The van der Waals surface area contributed by atoms with E-state index in [1.165, 1.54) is 0 Å². The molecule has 0 aliphatic rings. The second-order valence-corrected chi connectivity index (χ2v) is 1.77. The van der Waals surface area contributed by atoms with E-state index in [1.54, 1.807) is 0 Å².